The third kappa shape index (κ3) is 7.53. The molecule has 0 fully saturated rings. The van der Waals surface area contributed by atoms with E-state index in [-0.39, 0.29) is 25.0 Å². The Bertz CT molecular complexity index is 1860. The van der Waals surface area contributed by atoms with Gasteiger partial charge in [0, 0.05) is 47.0 Å². The van der Waals surface area contributed by atoms with Crippen molar-refractivity contribution in [3.05, 3.63) is 102 Å². The highest BCUT2D eigenvalue weighted by atomic mass is 16.4. The lowest BCUT2D eigenvalue weighted by molar-refractivity contribution is -0.142. The number of phenolic OH excluding ortho intramolecular Hbond substituents is 1. The van der Waals surface area contributed by atoms with E-state index in [4.69, 9.17) is 5.73 Å². The van der Waals surface area contributed by atoms with E-state index in [0.29, 0.717) is 0 Å². The molecule has 5 rings (SSSR count). The zero-order valence-corrected chi connectivity index (χ0v) is 25.1. The number of nitrogens with two attached hydrogens (primary N) is 1. The Hall–Kier alpha value is -5.62. The number of hydrogen-bond acceptors (Lipinski definition) is 6. The number of fused-ring (bicyclic) bond motifs is 2. The van der Waals surface area contributed by atoms with Crippen LogP contribution in [0, 0.1) is 0 Å². The van der Waals surface area contributed by atoms with Gasteiger partial charge in [0.25, 0.3) is 0 Å². The minimum atomic E-state index is -1.27. The predicted octanol–water partition coefficient (Wildman–Crippen LogP) is 2.27. The van der Waals surface area contributed by atoms with Gasteiger partial charge in [0.15, 0.2) is 0 Å². The van der Waals surface area contributed by atoms with Crippen LogP contribution in [0.2, 0.25) is 0 Å². The molecule has 2 heterocycles. The monoisotopic (exact) mass is 624 g/mol. The molecule has 0 aliphatic rings. The van der Waals surface area contributed by atoms with Gasteiger partial charge in [-0.3, -0.25) is 14.4 Å². The average molecular weight is 625 g/mol. The van der Waals surface area contributed by atoms with Gasteiger partial charge in [-0.05, 0) is 54.3 Å². The Morgan fingerprint density at radius 3 is 1.78 bits per heavy atom. The smallest absolute Gasteiger partial charge is 0.326 e. The molecule has 0 radical (unpaired) electrons. The second-order valence-corrected chi connectivity index (χ2v) is 11.3. The molecule has 46 heavy (non-hydrogen) atoms. The van der Waals surface area contributed by atoms with Gasteiger partial charge in [-0.1, -0.05) is 48.5 Å². The van der Waals surface area contributed by atoms with Gasteiger partial charge in [0.2, 0.25) is 17.7 Å². The Balaban J connectivity index is 1.30. The van der Waals surface area contributed by atoms with Gasteiger partial charge in [-0.2, -0.15) is 0 Å². The van der Waals surface area contributed by atoms with E-state index in [1.54, 1.807) is 24.5 Å². The second kappa shape index (κ2) is 14.0. The molecule has 4 atom stereocenters. The average Bonchev–Trinajstić information content (AvgIpc) is 3.65. The van der Waals surface area contributed by atoms with Crippen LogP contribution in [-0.2, 0) is 38.4 Å². The molecule has 12 nitrogen and oxygen atoms in total. The SMILES string of the molecule is CC(NC(=O)C(N)Cc1ccc(O)cc1)C(=O)NC(Cc1c[nH]c2ccccc12)C(=O)NC(Cc1c[nH]c2ccccc12)C(=O)O. The van der Waals surface area contributed by atoms with Crippen molar-refractivity contribution >= 4 is 45.5 Å². The fourth-order valence-corrected chi connectivity index (χ4v) is 5.38. The van der Waals surface area contributed by atoms with Gasteiger partial charge < -0.3 is 41.9 Å². The lowest BCUT2D eigenvalue weighted by atomic mass is 10.0. The molecule has 5 aromatic rings. The Morgan fingerprint density at radius 1 is 0.696 bits per heavy atom. The number of aromatic hydroxyl groups is 1. The normalized spacial score (nSPS) is 13.9. The molecule has 238 valence electrons. The Labute approximate surface area is 264 Å². The third-order valence-corrected chi connectivity index (χ3v) is 7.93. The highest BCUT2D eigenvalue weighted by Gasteiger charge is 2.30. The van der Waals surface area contributed by atoms with Crippen LogP contribution in [0.4, 0.5) is 0 Å². The van der Waals surface area contributed by atoms with Crippen LogP contribution in [0.5, 0.6) is 5.75 Å². The standard InChI is InChI=1S/C34H36N6O6/c1-19(38-32(43)26(35)14-20-10-12-23(41)13-11-20)31(42)39-29(15-21-17-36-27-8-4-2-6-24(21)27)33(44)40-30(34(45)46)16-22-18-37-28-9-5-3-7-25(22)28/h2-13,17-19,26,29-30,36-37,41H,14-16,35H2,1H3,(H,38,43)(H,39,42)(H,40,44)(H,45,46). The van der Waals surface area contributed by atoms with Gasteiger partial charge in [0.05, 0.1) is 6.04 Å². The number of aliphatic carboxylic acids is 1. The maximum atomic E-state index is 13.7. The summed E-state index contributed by atoms with van der Waals surface area (Å²) < 4.78 is 0. The van der Waals surface area contributed by atoms with E-state index in [2.05, 4.69) is 25.9 Å². The van der Waals surface area contributed by atoms with Crippen LogP contribution >= 0.6 is 0 Å². The van der Waals surface area contributed by atoms with Crippen molar-refractivity contribution in [2.75, 3.05) is 0 Å². The minimum Gasteiger partial charge on any atom is -0.508 e. The molecule has 0 spiro atoms. The third-order valence-electron chi connectivity index (χ3n) is 7.93. The maximum Gasteiger partial charge on any atom is 0.326 e. The zero-order valence-electron chi connectivity index (χ0n) is 25.1. The fraction of sp³-hybridized carbons (Fsp3) is 0.235. The van der Waals surface area contributed by atoms with Crippen LogP contribution in [0.15, 0.2) is 85.2 Å². The number of aromatic nitrogens is 2. The zero-order chi connectivity index (χ0) is 32.8. The van der Waals surface area contributed by atoms with Gasteiger partial charge in [-0.25, -0.2) is 4.79 Å². The van der Waals surface area contributed by atoms with E-state index in [1.165, 1.54) is 19.1 Å². The highest BCUT2D eigenvalue weighted by Crippen LogP contribution is 2.21. The highest BCUT2D eigenvalue weighted by molar-refractivity contribution is 5.95. The molecule has 12 heteroatoms. The molecular weight excluding hydrogens is 588 g/mol. The van der Waals surface area contributed by atoms with Crippen molar-refractivity contribution in [3.63, 3.8) is 0 Å². The predicted molar refractivity (Wildman–Crippen MR) is 173 cm³/mol. The number of aromatic amines is 2. The molecule has 2 aromatic heterocycles. The molecule has 0 aliphatic heterocycles. The quantitative estimate of drug-likeness (QED) is 0.0981. The number of rotatable bonds is 13. The van der Waals surface area contributed by atoms with Crippen molar-refractivity contribution in [1.82, 2.24) is 25.9 Å². The molecule has 3 aromatic carbocycles. The van der Waals surface area contributed by atoms with Crippen LogP contribution in [0.3, 0.4) is 0 Å². The first kappa shape index (κ1) is 31.8. The summed E-state index contributed by atoms with van der Waals surface area (Å²) in [7, 11) is 0. The summed E-state index contributed by atoms with van der Waals surface area (Å²) >= 11 is 0. The number of phenols is 1. The Kier molecular flexibility index (Phi) is 9.67. The second-order valence-electron chi connectivity index (χ2n) is 11.3. The van der Waals surface area contributed by atoms with E-state index in [1.807, 2.05) is 48.5 Å². The van der Waals surface area contributed by atoms with E-state index in [0.717, 1.165) is 38.5 Å². The molecule has 0 aliphatic carbocycles. The van der Waals surface area contributed by atoms with Crippen molar-refractivity contribution in [2.45, 2.75) is 50.4 Å². The number of nitrogens with one attached hydrogen (secondary N) is 5. The number of carboxylic acids is 1. The molecular formula is C34H36N6O6. The number of amides is 3. The Morgan fingerprint density at radius 2 is 1.22 bits per heavy atom. The van der Waals surface area contributed by atoms with Crippen molar-refractivity contribution in [3.8, 4) is 5.75 Å². The minimum absolute atomic E-state index is 0.0181. The number of hydrogen-bond donors (Lipinski definition) is 8. The first-order valence-corrected chi connectivity index (χ1v) is 14.9. The summed E-state index contributed by atoms with van der Waals surface area (Å²) in [6.45, 7) is 1.47. The lowest BCUT2D eigenvalue weighted by Crippen LogP contribution is -2.57. The van der Waals surface area contributed by atoms with Crippen LogP contribution in [0.1, 0.15) is 23.6 Å². The summed E-state index contributed by atoms with van der Waals surface area (Å²) in [5.41, 5.74) is 9.95. The van der Waals surface area contributed by atoms with Gasteiger partial charge in [0.1, 0.15) is 23.9 Å². The van der Waals surface area contributed by atoms with E-state index >= 15 is 0 Å². The van der Waals surface area contributed by atoms with Crippen molar-refractivity contribution in [1.29, 1.82) is 0 Å². The molecule has 4 unspecified atom stereocenters. The van der Waals surface area contributed by atoms with Crippen molar-refractivity contribution < 1.29 is 29.4 Å². The number of carbonyl (C=O) groups excluding carboxylic acids is 3. The maximum absolute atomic E-state index is 13.7. The number of carbonyl (C=O) groups is 4. The summed E-state index contributed by atoms with van der Waals surface area (Å²) in [6, 6.07) is 16.8. The van der Waals surface area contributed by atoms with E-state index in [9.17, 15) is 29.4 Å². The summed E-state index contributed by atoms with van der Waals surface area (Å²) in [6.07, 6.45) is 3.71. The van der Waals surface area contributed by atoms with Crippen LogP contribution < -0.4 is 21.7 Å². The largest absolute Gasteiger partial charge is 0.508 e. The fourth-order valence-electron chi connectivity index (χ4n) is 5.38. The van der Waals surface area contributed by atoms with E-state index < -0.39 is 47.9 Å². The molecule has 0 bridgehead atoms. The molecule has 0 saturated heterocycles. The van der Waals surface area contributed by atoms with Gasteiger partial charge >= 0.3 is 5.97 Å². The number of H-pyrrole nitrogens is 2. The lowest BCUT2D eigenvalue weighted by Gasteiger charge is -2.24. The first-order chi connectivity index (χ1) is 22.1. The molecule has 3 amide bonds. The van der Waals surface area contributed by atoms with Crippen LogP contribution in [-0.4, -0.2) is 68.0 Å². The van der Waals surface area contributed by atoms with Crippen LogP contribution in [0.25, 0.3) is 21.8 Å². The first-order valence-electron chi connectivity index (χ1n) is 14.9. The number of carboxylic acid groups (broad SMARTS) is 1. The summed E-state index contributed by atoms with van der Waals surface area (Å²) in [5.74, 6) is -3.04. The topological polar surface area (TPSA) is 202 Å². The van der Waals surface area contributed by atoms with Crippen molar-refractivity contribution in [2.24, 2.45) is 5.73 Å². The summed E-state index contributed by atoms with van der Waals surface area (Å²) in [4.78, 5) is 58.4. The number of para-hydroxylation sites is 2. The van der Waals surface area contributed by atoms with Gasteiger partial charge in [-0.15, -0.1) is 0 Å². The summed E-state index contributed by atoms with van der Waals surface area (Å²) in [5, 5.41) is 29.1. The molecule has 0 saturated carbocycles. The molecule has 9 N–H and O–H groups in total. The number of benzene rings is 3.